The number of nitrogens with zero attached hydrogens (tertiary/aromatic N) is 2. The molecule has 0 bridgehead atoms. The first-order chi connectivity index (χ1) is 8.56. The van der Waals surface area contributed by atoms with Gasteiger partial charge in [-0.05, 0) is 47.3 Å². The molecule has 1 saturated heterocycles. The molecule has 7 heteroatoms. The molecule has 1 amide bonds. The van der Waals surface area contributed by atoms with E-state index in [1.807, 2.05) is 4.90 Å². The molecule has 18 heavy (non-hydrogen) atoms. The highest BCUT2D eigenvalue weighted by molar-refractivity contribution is 9.10. The van der Waals surface area contributed by atoms with Crippen molar-refractivity contribution in [1.29, 1.82) is 0 Å². The number of rotatable bonds is 1. The molecule has 1 aromatic heterocycles. The lowest BCUT2D eigenvalue weighted by Gasteiger charge is -2.33. The third kappa shape index (κ3) is 3.30. The molecule has 0 spiro atoms. The highest BCUT2D eigenvalue weighted by Crippen LogP contribution is 2.13. The summed E-state index contributed by atoms with van der Waals surface area (Å²) >= 11 is 8.37. The van der Waals surface area contributed by atoms with Gasteiger partial charge in [0.05, 0.1) is 0 Å². The van der Waals surface area contributed by atoms with Crippen molar-refractivity contribution in [1.82, 2.24) is 15.1 Å². The summed E-state index contributed by atoms with van der Waals surface area (Å²) in [4.78, 5) is 16.0. The number of piperazine rings is 1. The summed E-state index contributed by atoms with van der Waals surface area (Å²) in [5.41, 5.74) is 0. The SMILES string of the molecule is CN1CCN(C(=S)NC(=O)c2ccc(Br)o2)CC1. The summed E-state index contributed by atoms with van der Waals surface area (Å²) in [6.07, 6.45) is 0. The first-order valence-corrected chi connectivity index (χ1v) is 6.80. The van der Waals surface area contributed by atoms with Crippen molar-refractivity contribution in [3.63, 3.8) is 0 Å². The van der Waals surface area contributed by atoms with Crippen molar-refractivity contribution in [2.45, 2.75) is 0 Å². The number of amides is 1. The Balaban J connectivity index is 1.89. The first kappa shape index (κ1) is 13.5. The van der Waals surface area contributed by atoms with Crippen LogP contribution in [-0.4, -0.2) is 54.0 Å². The van der Waals surface area contributed by atoms with E-state index in [0.29, 0.717) is 9.78 Å². The standard InChI is InChI=1S/C11H14BrN3O2S/c1-14-4-6-15(7-5-14)11(18)13-10(16)8-2-3-9(12)17-8/h2-3H,4-7H2,1H3,(H,13,16,18). The maximum Gasteiger partial charge on any atom is 0.293 e. The zero-order chi connectivity index (χ0) is 13.1. The van der Waals surface area contributed by atoms with Crippen molar-refractivity contribution < 1.29 is 9.21 Å². The van der Waals surface area contributed by atoms with Gasteiger partial charge in [0.2, 0.25) is 0 Å². The number of halogens is 1. The van der Waals surface area contributed by atoms with Crippen molar-refractivity contribution in [3.8, 4) is 0 Å². The minimum Gasteiger partial charge on any atom is -0.444 e. The predicted octanol–water partition coefficient (Wildman–Crippen LogP) is 1.30. The fourth-order valence-electron chi connectivity index (χ4n) is 1.68. The van der Waals surface area contributed by atoms with Crippen molar-refractivity contribution >= 4 is 39.2 Å². The van der Waals surface area contributed by atoms with Gasteiger partial charge >= 0.3 is 0 Å². The molecule has 5 nitrogen and oxygen atoms in total. The molecule has 1 aromatic rings. The second kappa shape index (κ2) is 5.81. The zero-order valence-electron chi connectivity index (χ0n) is 9.98. The molecule has 1 aliphatic rings. The average Bonchev–Trinajstić information content (AvgIpc) is 2.76. The molecule has 0 saturated carbocycles. The summed E-state index contributed by atoms with van der Waals surface area (Å²) in [6, 6.07) is 3.28. The Hall–Kier alpha value is -0.920. The van der Waals surface area contributed by atoms with Crippen LogP contribution in [0.2, 0.25) is 0 Å². The quantitative estimate of drug-likeness (QED) is 0.786. The number of nitrogens with one attached hydrogen (secondary N) is 1. The Morgan fingerprint density at radius 2 is 2.06 bits per heavy atom. The molecule has 0 radical (unpaired) electrons. The Labute approximate surface area is 119 Å². The van der Waals surface area contributed by atoms with Crippen LogP contribution in [0.1, 0.15) is 10.6 Å². The molecule has 1 aliphatic heterocycles. The summed E-state index contributed by atoms with van der Waals surface area (Å²) < 4.78 is 5.69. The van der Waals surface area contributed by atoms with E-state index in [4.69, 9.17) is 16.6 Å². The van der Waals surface area contributed by atoms with Gasteiger partial charge in [-0.2, -0.15) is 0 Å². The van der Waals surface area contributed by atoms with Gasteiger partial charge < -0.3 is 14.2 Å². The normalized spacial score (nSPS) is 16.7. The van der Waals surface area contributed by atoms with Crippen LogP contribution < -0.4 is 5.32 Å². The van der Waals surface area contributed by atoms with Crippen LogP contribution >= 0.6 is 28.1 Å². The van der Waals surface area contributed by atoms with Gasteiger partial charge in [-0.15, -0.1) is 0 Å². The monoisotopic (exact) mass is 331 g/mol. The van der Waals surface area contributed by atoms with E-state index in [1.54, 1.807) is 12.1 Å². The van der Waals surface area contributed by atoms with Gasteiger partial charge in [-0.3, -0.25) is 10.1 Å². The van der Waals surface area contributed by atoms with Gasteiger partial charge in [0.1, 0.15) is 0 Å². The van der Waals surface area contributed by atoms with E-state index in [0.717, 1.165) is 26.2 Å². The van der Waals surface area contributed by atoms with Crippen LogP contribution in [0.5, 0.6) is 0 Å². The van der Waals surface area contributed by atoms with Gasteiger partial charge in [0.15, 0.2) is 15.5 Å². The molecular formula is C11H14BrN3O2S. The summed E-state index contributed by atoms with van der Waals surface area (Å²) in [6.45, 7) is 3.56. The number of furan rings is 1. The van der Waals surface area contributed by atoms with Crippen LogP contribution in [0.15, 0.2) is 21.2 Å². The molecule has 1 fully saturated rings. The van der Waals surface area contributed by atoms with E-state index >= 15 is 0 Å². The first-order valence-electron chi connectivity index (χ1n) is 5.60. The lowest BCUT2D eigenvalue weighted by atomic mass is 10.3. The summed E-state index contributed by atoms with van der Waals surface area (Å²) in [7, 11) is 2.07. The maximum absolute atomic E-state index is 11.8. The van der Waals surface area contributed by atoms with E-state index in [9.17, 15) is 4.79 Å². The third-order valence-electron chi connectivity index (χ3n) is 2.81. The number of carbonyl (C=O) groups is 1. The van der Waals surface area contributed by atoms with Gasteiger partial charge in [-0.25, -0.2) is 0 Å². The third-order valence-corrected chi connectivity index (χ3v) is 3.59. The number of thiocarbonyl (C=S) groups is 1. The fourth-order valence-corrected chi connectivity index (χ4v) is 2.27. The minimum atomic E-state index is -0.315. The second-order valence-corrected chi connectivity index (χ2v) is 5.32. The number of likely N-dealkylation sites (N-methyl/N-ethyl adjacent to an activating group) is 1. The smallest absolute Gasteiger partial charge is 0.293 e. The molecule has 2 rings (SSSR count). The van der Waals surface area contributed by atoms with E-state index in [-0.39, 0.29) is 11.7 Å². The van der Waals surface area contributed by atoms with Crippen molar-refractivity contribution in [2.75, 3.05) is 33.2 Å². The van der Waals surface area contributed by atoms with Crippen LogP contribution in [-0.2, 0) is 0 Å². The number of carbonyl (C=O) groups excluding carboxylic acids is 1. The topological polar surface area (TPSA) is 48.7 Å². The summed E-state index contributed by atoms with van der Waals surface area (Å²) in [5, 5.41) is 3.14. The Bertz CT molecular complexity index is 455. The molecule has 1 N–H and O–H groups in total. The van der Waals surface area contributed by atoms with E-state index in [2.05, 4.69) is 33.2 Å². The van der Waals surface area contributed by atoms with Crippen molar-refractivity contribution in [3.05, 3.63) is 22.6 Å². The highest BCUT2D eigenvalue weighted by Gasteiger charge is 2.19. The maximum atomic E-state index is 11.8. The minimum absolute atomic E-state index is 0.248. The fraction of sp³-hybridized carbons (Fsp3) is 0.455. The highest BCUT2D eigenvalue weighted by atomic mass is 79.9. The van der Waals surface area contributed by atoms with Crippen LogP contribution in [0.3, 0.4) is 0 Å². The predicted molar refractivity (Wildman–Crippen MR) is 75.5 cm³/mol. The molecule has 0 unspecified atom stereocenters. The number of hydrogen-bond donors (Lipinski definition) is 1. The molecule has 98 valence electrons. The van der Waals surface area contributed by atoms with E-state index < -0.39 is 0 Å². The van der Waals surface area contributed by atoms with Crippen LogP contribution in [0.25, 0.3) is 0 Å². The Morgan fingerprint density at radius 3 is 2.61 bits per heavy atom. The molecule has 0 atom stereocenters. The zero-order valence-corrected chi connectivity index (χ0v) is 12.4. The van der Waals surface area contributed by atoms with Gasteiger partial charge in [0.25, 0.3) is 5.91 Å². The largest absolute Gasteiger partial charge is 0.444 e. The summed E-state index contributed by atoms with van der Waals surface area (Å²) in [5.74, 6) is -0.0667. The van der Waals surface area contributed by atoms with Gasteiger partial charge in [0, 0.05) is 26.2 Å². The van der Waals surface area contributed by atoms with E-state index in [1.165, 1.54) is 0 Å². The second-order valence-electron chi connectivity index (χ2n) is 4.15. The molecule has 0 aromatic carbocycles. The Morgan fingerprint density at radius 1 is 1.39 bits per heavy atom. The number of hydrogen-bond acceptors (Lipinski definition) is 4. The molecular weight excluding hydrogens is 318 g/mol. The lowest BCUT2D eigenvalue weighted by molar-refractivity contribution is 0.0942. The van der Waals surface area contributed by atoms with Crippen molar-refractivity contribution in [2.24, 2.45) is 0 Å². The molecule has 0 aliphatic carbocycles. The van der Waals surface area contributed by atoms with Crippen LogP contribution in [0.4, 0.5) is 0 Å². The Kier molecular flexibility index (Phi) is 4.36. The lowest BCUT2D eigenvalue weighted by Crippen LogP contribution is -2.51. The molecule has 2 heterocycles. The average molecular weight is 332 g/mol. The van der Waals surface area contributed by atoms with Gasteiger partial charge in [-0.1, -0.05) is 0 Å². The van der Waals surface area contributed by atoms with Crippen LogP contribution in [0, 0.1) is 0 Å².